The summed E-state index contributed by atoms with van der Waals surface area (Å²) in [6, 6.07) is 8.71. The van der Waals surface area contributed by atoms with Gasteiger partial charge in [-0.3, -0.25) is 5.43 Å². The van der Waals surface area contributed by atoms with Gasteiger partial charge in [-0.1, -0.05) is 24.3 Å². The molecule has 0 amide bonds. The van der Waals surface area contributed by atoms with Gasteiger partial charge < -0.3 is 15.1 Å². The van der Waals surface area contributed by atoms with E-state index < -0.39 is 5.97 Å². The van der Waals surface area contributed by atoms with Gasteiger partial charge in [0.1, 0.15) is 11.3 Å². The number of aromatic hydroxyl groups is 1. The number of anilines is 1. The first-order valence-electron chi connectivity index (χ1n) is 6.40. The maximum absolute atomic E-state index is 11.6. The van der Waals surface area contributed by atoms with Gasteiger partial charge in [0.25, 0.3) is 0 Å². The molecule has 0 bridgehead atoms. The first-order chi connectivity index (χ1) is 10.1. The van der Waals surface area contributed by atoms with Crippen molar-refractivity contribution in [3.05, 3.63) is 35.9 Å². The summed E-state index contributed by atoms with van der Waals surface area (Å²) in [4.78, 5) is 17.4. The molecule has 3 rings (SSSR count). The van der Waals surface area contributed by atoms with Crippen LogP contribution in [0.1, 0.15) is 10.4 Å². The van der Waals surface area contributed by atoms with Crippen molar-refractivity contribution in [1.82, 2.24) is 5.43 Å². The van der Waals surface area contributed by atoms with E-state index in [1.807, 2.05) is 24.3 Å². The predicted octanol–water partition coefficient (Wildman–Crippen LogP) is 0.883. The summed E-state index contributed by atoms with van der Waals surface area (Å²) in [5.74, 6) is 4.34. The van der Waals surface area contributed by atoms with E-state index in [4.69, 9.17) is 5.84 Å². The number of guanidine groups is 1. The Morgan fingerprint density at radius 1 is 1.38 bits per heavy atom. The third-order valence-electron chi connectivity index (χ3n) is 3.45. The number of nitrogens with one attached hydrogen (secondary N) is 1. The minimum atomic E-state index is -1.20. The Balaban J connectivity index is 2.35. The summed E-state index contributed by atoms with van der Waals surface area (Å²) in [6.07, 6.45) is 0. The molecular formula is C14H14N4O3. The molecule has 0 spiro atoms. The molecular weight excluding hydrogens is 272 g/mol. The summed E-state index contributed by atoms with van der Waals surface area (Å²) in [7, 11) is 0. The molecule has 0 saturated carbocycles. The van der Waals surface area contributed by atoms with Gasteiger partial charge in [0, 0.05) is 11.9 Å². The number of aromatic carboxylic acids is 1. The third kappa shape index (κ3) is 2.03. The molecule has 1 aliphatic heterocycles. The number of nitrogens with zero attached hydrogens (tertiary/aromatic N) is 2. The molecule has 108 valence electrons. The van der Waals surface area contributed by atoms with Gasteiger partial charge in [-0.25, -0.2) is 15.6 Å². The molecule has 0 saturated heterocycles. The Morgan fingerprint density at radius 3 is 2.86 bits per heavy atom. The monoisotopic (exact) mass is 286 g/mol. The standard InChI is InChI=1S/C14H14N4O3/c15-17-14-16-5-6-18(14)12-9-4-2-1-3-8(9)7-10(19)11(12)13(20)21/h1-4,7,19H,5-6,15H2,(H,16,17)(H,20,21). The molecule has 7 heteroatoms. The van der Waals surface area contributed by atoms with E-state index in [0.717, 1.165) is 10.8 Å². The van der Waals surface area contributed by atoms with Gasteiger partial charge >= 0.3 is 5.97 Å². The van der Waals surface area contributed by atoms with Crippen LogP contribution in [0.3, 0.4) is 0 Å². The van der Waals surface area contributed by atoms with Crippen molar-refractivity contribution in [2.24, 2.45) is 10.8 Å². The summed E-state index contributed by atoms with van der Waals surface area (Å²) in [5.41, 5.74) is 2.71. The molecule has 2 aromatic rings. The van der Waals surface area contributed by atoms with Crippen molar-refractivity contribution < 1.29 is 15.0 Å². The fraction of sp³-hybridized carbons (Fsp3) is 0.143. The van der Waals surface area contributed by atoms with Gasteiger partial charge in [0.15, 0.2) is 0 Å². The highest BCUT2D eigenvalue weighted by Gasteiger charge is 2.27. The summed E-state index contributed by atoms with van der Waals surface area (Å²) < 4.78 is 0. The second kappa shape index (κ2) is 4.95. The lowest BCUT2D eigenvalue weighted by Crippen LogP contribution is -2.42. The topological polar surface area (TPSA) is 111 Å². The molecule has 5 N–H and O–H groups in total. The maximum atomic E-state index is 11.6. The van der Waals surface area contributed by atoms with Crippen LogP contribution >= 0.6 is 0 Å². The fourth-order valence-electron chi connectivity index (χ4n) is 2.59. The van der Waals surface area contributed by atoms with Crippen molar-refractivity contribution in [3.8, 4) is 5.75 Å². The molecule has 0 unspecified atom stereocenters. The number of rotatable bonds is 2. The van der Waals surface area contributed by atoms with Gasteiger partial charge in [-0.15, -0.1) is 0 Å². The van der Waals surface area contributed by atoms with Crippen LogP contribution in [0, 0.1) is 0 Å². The van der Waals surface area contributed by atoms with Gasteiger partial charge in [0.05, 0.1) is 12.2 Å². The molecule has 1 heterocycles. The number of carboxylic acids is 1. The van der Waals surface area contributed by atoms with Crippen LogP contribution in [-0.2, 0) is 0 Å². The SMILES string of the molecule is NNC1=NCCN1c1c(C(=O)O)c(O)cc2ccccc12. The van der Waals surface area contributed by atoms with E-state index >= 15 is 0 Å². The van der Waals surface area contributed by atoms with E-state index in [9.17, 15) is 15.0 Å². The number of nitrogens with two attached hydrogens (primary N) is 1. The Bertz CT molecular complexity index is 757. The van der Waals surface area contributed by atoms with Gasteiger partial charge in [0.2, 0.25) is 5.96 Å². The normalized spacial score (nSPS) is 14.3. The minimum Gasteiger partial charge on any atom is -0.507 e. The van der Waals surface area contributed by atoms with Crippen molar-refractivity contribution in [2.45, 2.75) is 0 Å². The van der Waals surface area contributed by atoms with Crippen LogP contribution in [0.15, 0.2) is 35.3 Å². The van der Waals surface area contributed by atoms with Crippen molar-refractivity contribution >= 4 is 28.4 Å². The number of benzene rings is 2. The van der Waals surface area contributed by atoms with Crippen LogP contribution in [0.4, 0.5) is 5.69 Å². The zero-order valence-corrected chi connectivity index (χ0v) is 11.1. The molecule has 0 aliphatic carbocycles. The first-order valence-corrected chi connectivity index (χ1v) is 6.40. The minimum absolute atomic E-state index is 0.154. The predicted molar refractivity (Wildman–Crippen MR) is 79.5 cm³/mol. The third-order valence-corrected chi connectivity index (χ3v) is 3.45. The average Bonchev–Trinajstić information content (AvgIpc) is 2.93. The van der Waals surface area contributed by atoms with E-state index in [-0.39, 0.29) is 11.3 Å². The van der Waals surface area contributed by atoms with Crippen molar-refractivity contribution in [2.75, 3.05) is 18.0 Å². The molecule has 2 aromatic carbocycles. The molecule has 1 aliphatic rings. The van der Waals surface area contributed by atoms with Crippen molar-refractivity contribution in [3.63, 3.8) is 0 Å². The smallest absolute Gasteiger partial charge is 0.341 e. The molecule has 0 radical (unpaired) electrons. The lowest BCUT2D eigenvalue weighted by Gasteiger charge is -2.24. The number of carboxylic acid groups (broad SMARTS) is 1. The van der Waals surface area contributed by atoms with E-state index in [2.05, 4.69) is 10.4 Å². The Kier molecular flexibility index (Phi) is 3.11. The van der Waals surface area contributed by atoms with Gasteiger partial charge in [-0.05, 0) is 11.5 Å². The van der Waals surface area contributed by atoms with Crippen LogP contribution in [0.5, 0.6) is 5.75 Å². The lowest BCUT2D eigenvalue weighted by atomic mass is 10.0. The number of hydrazine groups is 1. The number of fused-ring (bicyclic) bond motifs is 1. The Hall–Kier alpha value is -2.80. The van der Waals surface area contributed by atoms with Crippen LogP contribution in [0.25, 0.3) is 10.8 Å². The number of hydrogen-bond donors (Lipinski definition) is 4. The summed E-state index contributed by atoms with van der Waals surface area (Å²) in [5, 5.41) is 21.0. The van der Waals surface area contributed by atoms with E-state index in [1.54, 1.807) is 4.90 Å². The van der Waals surface area contributed by atoms with E-state index in [1.165, 1.54) is 6.07 Å². The second-order valence-corrected chi connectivity index (χ2v) is 4.65. The summed E-state index contributed by atoms with van der Waals surface area (Å²) in [6.45, 7) is 0.996. The largest absolute Gasteiger partial charge is 0.507 e. The quantitative estimate of drug-likeness (QED) is 0.482. The highest BCUT2D eigenvalue weighted by atomic mass is 16.4. The summed E-state index contributed by atoms with van der Waals surface area (Å²) >= 11 is 0. The zero-order valence-electron chi connectivity index (χ0n) is 11.1. The number of hydrogen-bond acceptors (Lipinski definition) is 6. The van der Waals surface area contributed by atoms with Crippen LogP contribution in [-0.4, -0.2) is 35.2 Å². The molecule has 0 atom stereocenters. The molecule has 0 fully saturated rings. The highest BCUT2D eigenvalue weighted by Crippen LogP contribution is 2.37. The fourth-order valence-corrected chi connectivity index (χ4v) is 2.59. The molecule has 21 heavy (non-hydrogen) atoms. The average molecular weight is 286 g/mol. The lowest BCUT2D eigenvalue weighted by molar-refractivity contribution is 0.0695. The first kappa shape index (κ1) is 13.2. The number of carbonyl (C=O) groups is 1. The Labute approximate surface area is 120 Å². The van der Waals surface area contributed by atoms with Crippen LogP contribution in [0.2, 0.25) is 0 Å². The van der Waals surface area contributed by atoms with Crippen LogP contribution < -0.4 is 16.2 Å². The Morgan fingerprint density at radius 2 is 2.14 bits per heavy atom. The zero-order chi connectivity index (χ0) is 15.0. The number of phenols is 1. The molecule has 7 nitrogen and oxygen atoms in total. The van der Waals surface area contributed by atoms with E-state index in [0.29, 0.717) is 24.7 Å². The maximum Gasteiger partial charge on any atom is 0.341 e. The molecule has 0 aromatic heterocycles. The second-order valence-electron chi connectivity index (χ2n) is 4.65. The van der Waals surface area contributed by atoms with Crippen molar-refractivity contribution in [1.29, 1.82) is 0 Å². The highest BCUT2D eigenvalue weighted by molar-refractivity contribution is 6.14. The number of aliphatic imine (C=N–C) groups is 1. The van der Waals surface area contributed by atoms with Gasteiger partial charge in [-0.2, -0.15) is 0 Å².